The Morgan fingerprint density at radius 2 is 1.70 bits per heavy atom. The third-order valence-corrected chi connectivity index (χ3v) is 6.87. The average molecular weight is 507 g/mol. The summed E-state index contributed by atoms with van der Waals surface area (Å²) in [4.78, 5) is 43.6. The van der Waals surface area contributed by atoms with E-state index in [2.05, 4.69) is 38.3 Å². The van der Waals surface area contributed by atoms with Crippen LogP contribution in [0.1, 0.15) is 46.6 Å². The number of carbonyl (C=O) groups is 3. The van der Waals surface area contributed by atoms with Gasteiger partial charge in [0.25, 0.3) is 5.91 Å². The van der Waals surface area contributed by atoms with Crippen molar-refractivity contribution in [2.75, 3.05) is 29.9 Å². The van der Waals surface area contributed by atoms with Gasteiger partial charge in [0.05, 0.1) is 5.69 Å². The van der Waals surface area contributed by atoms with Crippen LogP contribution in [0.2, 0.25) is 0 Å². The summed E-state index contributed by atoms with van der Waals surface area (Å²) in [6.07, 6.45) is 0.368. The van der Waals surface area contributed by atoms with E-state index >= 15 is 0 Å². The van der Waals surface area contributed by atoms with Gasteiger partial charge in [-0.05, 0) is 60.9 Å². The van der Waals surface area contributed by atoms with Crippen molar-refractivity contribution in [1.29, 1.82) is 0 Å². The van der Waals surface area contributed by atoms with Crippen molar-refractivity contribution in [3.63, 3.8) is 0 Å². The topological polar surface area (TPSA) is 91.0 Å². The molecule has 0 unspecified atom stereocenters. The second kappa shape index (κ2) is 10.1. The predicted octanol–water partition coefficient (Wildman–Crippen LogP) is 4.58. The molecule has 2 atom stereocenters. The molecular weight excluding hydrogens is 468 g/mol. The Hall–Kier alpha value is -3.55. The van der Waals surface area contributed by atoms with E-state index in [0.29, 0.717) is 30.2 Å². The van der Waals surface area contributed by atoms with E-state index in [-0.39, 0.29) is 29.2 Å². The molecular formula is C29H38N4O4. The molecule has 8 nitrogen and oxygen atoms in total. The highest BCUT2D eigenvalue weighted by Crippen LogP contribution is 2.40. The van der Waals surface area contributed by atoms with Gasteiger partial charge in [0.15, 0.2) is 0 Å². The van der Waals surface area contributed by atoms with Crippen molar-refractivity contribution in [1.82, 2.24) is 10.2 Å². The van der Waals surface area contributed by atoms with Crippen molar-refractivity contribution < 1.29 is 19.1 Å². The summed E-state index contributed by atoms with van der Waals surface area (Å²) in [6.45, 7) is 13.5. The highest BCUT2D eigenvalue weighted by atomic mass is 16.5. The van der Waals surface area contributed by atoms with Gasteiger partial charge in [0.2, 0.25) is 5.91 Å². The van der Waals surface area contributed by atoms with Crippen molar-refractivity contribution >= 4 is 29.2 Å². The molecule has 0 spiro atoms. The number of hydrogen-bond acceptors (Lipinski definition) is 4. The van der Waals surface area contributed by atoms with Crippen LogP contribution in [-0.4, -0.2) is 54.5 Å². The maximum absolute atomic E-state index is 13.9. The van der Waals surface area contributed by atoms with Crippen molar-refractivity contribution in [2.24, 2.45) is 10.8 Å². The Balaban J connectivity index is 1.57. The molecule has 2 N–H and O–H groups in total. The molecule has 0 aliphatic carbocycles. The first-order chi connectivity index (χ1) is 17.3. The number of nitrogens with zero attached hydrogens (tertiary/aromatic N) is 2. The van der Waals surface area contributed by atoms with Crippen LogP contribution in [0.15, 0.2) is 48.5 Å². The van der Waals surface area contributed by atoms with Gasteiger partial charge in [-0.15, -0.1) is 0 Å². The predicted molar refractivity (Wildman–Crippen MR) is 145 cm³/mol. The number of benzene rings is 2. The summed E-state index contributed by atoms with van der Waals surface area (Å²) in [5.74, 6) is -0.0129. The molecule has 4 rings (SSSR count). The number of para-hydroxylation sites is 2. The summed E-state index contributed by atoms with van der Waals surface area (Å²) in [5.41, 5.74) is 2.11. The molecule has 2 aliphatic heterocycles. The number of carbonyl (C=O) groups excluding carboxylic acids is 3. The van der Waals surface area contributed by atoms with Gasteiger partial charge in [-0.3, -0.25) is 14.5 Å². The molecule has 1 saturated heterocycles. The van der Waals surface area contributed by atoms with Crippen molar-refractivity contribution in [3.05, 3.63) is 54.1 Å². The van der Waals surface area contributed by atoms with Crippen molar-refractivity contribution in [3.8, 4) is 5.75 Å². The van der Waals surface area contributed by atoms with Gasteiger partial charge in [-0.2, -0.15) is 0 Å². The first kappa shape index (κ1) is 26.5. The first-order valence-corrected chi connectivity index (χ1v) is 12.8. The maximum Gasteiger partial charge on any atom is 0.320 e. The average Bonchev–Trinajstić information content (AvgIpc) is 2.87. The number of urea groups is 1. The van der Waals surface area contributed by atoms with Crippen LogP contribution in [0.3, 0.4) is 0 Å². The van der Waals surface area contributed by atoms with Crippen LogP contribution in [0.4, 0.5) is 16.2 Å². The number of nitrogens with one attached hydrogen (secondary N) is 2. The zero-order valence-corrected chi connectivity index (χ0v) is 22.6. The fourth-order valence-electron chi connectivity index (χ4n) is 5.82. The zero-order valence-electron chi connectivity index (χ0n) is 22.6. The molecule has 2 aromatic carbocycles. The Morgan fingerprint density at radius 1 is 1.03 bits per heavy atom. The standard InChI is InChI=1S/C29H38N4O4/c1-19-10-9-11-21(14-19)30-27(36)31-25-20(2)37-23-13-8-7-12-22(23)33(26(25)35)15-24(34)32-17-28(3,4)16-29(5,6)18-32/h7-14,20,25H,15-18H2,1-6H3,(H2,30,31,36)/t20-,25+/m0/s1. The Labute approximate surface area is 219 Å². The fraction of sp³-hybridized carbons (Fsp3) is 0.483. The number of amides is 4. The van der Waals surface area contributed by atoms with Crippen LogP contribution in [0.25, 0.3) is 0 Å². The van der Waals surface area contributed by atoms with Gasteiger partial charge in [0.1, 0.15) is 24.4 Å². The maximum atomic E-state index is 13.9. The highest BCUT2D eigenvalue weighted by molar-refractivity contribution is 6.05. The lowest BCUT2D eigenvalue weighted by Gasteiger charge is -2.47. The number of hydrogen-bond donors (Lipinski definition) is 2. The van der Waals surface area contributed by atoms with E-state index < -0.39 is 18.2 Å². The fourth-order valence-corrected chi connectivity index (χ4v) is 5.82. The molecule has 2 heterocycles. The molecule has 8 heteroatoms. The van der Waals surface area contributed by atoms with Gasteiger partial charge in [0, 0.05) is 18.8 Å². The molecule has 2 aromatic rings. The lowest BCUT2D eigenvalue weighted by atomic mass is 9.71. The van der Waals surface area contributed by atoms with E-state index in [1.165, 1.54) is 4.90 Å². The van der Waals surface area contributed by atoms with Gasteiger partial charge in [-0.25, -0.2) is 4.79 Å². The second-order valence-electron chi connectivity index (χ2n) is 11.9. The molecule has 198 valence electrons. The van der Waals surface area contributed by atoms with E-state index in [9.17, 15) is 14.4 Å². The SMILES string of the molecule is Cc1cccc(NC(=O)N[C@H]2C(=O)N(CC(=O)N3CC(C)(C)CC(C)(C)C3)c3ccccc3O[C@H]2C)c1. The quantitative estimate of drug-likeness (QED) is 0.635. The van der Waals surface area contributed by atoms with Crippen molar-refractivity contribution in [2.45, 2.75) is 60.1 Å². The third-order valence-electron chi connectivity index (χ3n) is 6.87. The normalized spacial score (nSPS) is 22.4. The summed E-state index contributed by atoms with van der Waals surface area (Å²) >= 11 is 0. The largest absolute Gasteiger partial charge is 0.486 e. The molecule has 2 aliphatic rings. The number of likely N-dealkylation sites (tertiary alicyclic amines) is 1. The number of anilines is 2. The first-order valence-electron chi connectivity index (χ1n) is 12.8. The van der Waals surface area contributed by atoms with E-state index in [1.807, 2.05) is 42.2 Å². The van der Waals surface area contributed by atoms with Crippen LogP contribution < -0.4 is 20.3 Å². The zero-order chi connectivity index (χ0) is 27.0. The molecule has 0 radical (unpaired) electrons. The second-order valence-corrected chi connectivity index (χ2v) is 11.9. The van der Waals surface area contributed by atoms with Crippen LogP contribution in [0.5, 0.6) is 5.75 Å². The monoisotopic (exact) mass is 506 g/mol. The molecule has 0 saturated carbocycles. The molecule has 1 fully saturated rings. The molecule has 0 aromatic heterocycles. The van der Waals surface area contributed by atoms with Gasteiger partial charge in [-0.1, -0.05) is 52.0 Å². The summed E-state index contributed by atoms with van der Waals surface area (Å²) in [7, 11) is 0. The summed E-state index contributed by atoms with van der Waals surface area (Å²) < 4.78 is 6.10. The number of ether oxygens (including phenoxy) is 1. The van der Waals surface area contributed by atoms with E-state index in [4.69, 9.17) is 4.74 Å². The van der Waals surface area contributed by atoms with Crippen LogP contribution in [-0.2, 0) is 9.59 Å². The van der Waals surface area contributed by atoms with E-state index in [1.54, 1.807) is 25.1 Å². The highest BCUT2D eigenvalue weighted by Gasteiger charge is 2.42. The van der Waals surface area contributed by atoms with Gasteiger partial charge >= 0.3 is 6.03 Å². The number of rotatable bonds is 4. The number of fused-ring (bicyclic) bond motifs is 1. The van der Waals surface area contributed by atoms with Crippen LogP contribution in [0, 0.1) is 17.8 Å². The summed E-state index contributed by atoms with van der Waals surface area (Å²) in [6, 6.07) is 13.1. The van der Waals surface area contributed by atoms with Gasteiger partial charge < -0.3 is 20.3 Å². The van der Waals surface area contributed by atoms with E-state index in [0.717, 1.165) is 12.0 Å². The Bertz CT molecular complexity index is 1180. The lowest BCUT2D eigenvalue weighted by molar-refractivity contribution is -0.137. The molecule has 0 bridgehead atoms. The minimum atomic E-state index is -0.987. The lowest BCUT2D eigenvalue weighted by Crippen LogP contribution is -2.57. The summed E-state index contributed by atoms with van der Waals surface area (Å²) in [5, 5.41) is 5.57. The molecule has 37 heavy (non-hydrogen) atoms. The minimum Gasteiger partial charge on any atom is -0.486 e. The Morgan fingerprint density at radius 3 is 2.38 bits per heavy atom. The Kier molecular flexibility index (Phi) is 7.22. The smallest absolute Gasteiger partial charge is 0.320 e. The minimum absolute atomic E-state index is 0.0201. The number of piperidine rings is 1. The third kappa shape index (κ3) is 6.24. The molecule has 4 amide bonds. The van der Waals surface area contributed by atoms with Crippen LogP contribution >= 0.6 is 0 Å². The number of aryl methyl sites for hydroxylation is 1.